The molecule has 3 rings (SSSR count). The highest BCUT2D eigenvalue weighted by molar-refractivity contribution is 7.13. The maximum Gasteiger partial charge on any atom is 0.226 e. The van der Waals surface area contributed by atoms with Gasteiger partial charge in [0.25, 0.3) is 0 Å². The normalized spacial score (nSPS) is 14.7. The Hall–Kier alpha value is -1.72. The molecule has 0 bridgehead atoms. The van der Waals surface area contributed by atoms with Gasteiger partial charge in [0.05, 0.1) is 5.69 Å². The van der Waals surface area contributed by atoms with E-state index in [0.717, 1.165) is 31.7 Å². The number of hydrogen-bond donors (Lipinski definition) is 1. The molecule has 0 spiro atoms. The van der Waals surface area contributed by atoms with Crippen LogP contribution in [0.4, 0.5) is 5.13 Å². The predicted molar refractivity (Wildman–Crippen MR) is 94.5 cm³/mol. The van der Waals surface area contributed by atoms with Crippen molar-refractivity contribution in [3.8, 4) is 0 Å². The molecule has 0 atom stereocenters. The average molecular weight is 329 g/mol. The highest BCUT2D eigenvalue weighted by Crippen LogP contribution is 2.22. The van der Waals surface area contributed by atoms with E-state index in [-0.39, 0.29) is 5.91 Å². The van der Waals surface area contributed by atoms with Gasteiger partial charge in [-0.25, -0.2) is 4.98 Å². The third-order valence-electron chi connectivity index (χ3n) is 3.99. The van der Waals surface area contributed by atoms with E-state index in [4.69, 9.17) is 0 Å². The zero-order chi connectivity index (χ0) is 16.2. The lowest BCUT2D eigenvalue weighted by molar-refractivity contribution is -0.116. The summed E-state index contributed by atoms with van der Waals surface area (Å²) in [4.78, 5) is 18.8. The van der Waals surface area contributed by atoms with Gasteiger partial charge in [-0.3, -0.25) is 9.69 Å². The van der Waals surface area contributed by atoms with Crippen LogP contribution in [-0.4, -0.2) is 22.3 Å². The molecule has 122 valence electrons. The van der Waals surface area contributed by atoms with Gasteiger partial charge in [0.1, 0.15) is 0 Å². The Morgan fingerprint density at radius 1 is 1.35 bits per heavy atom. The first-order valence-corrected chi connectivity index (χ1v) is 9.01. The second kappa shape index (κ2) is 7.23. The summed E-state index contributed by atoms with van der Waals surface area (Å²) in [5, 5.41) is 5.65. The molecular formula is C18H23N3OS. The van der Waals surface area contributed by atoms with Crippen LogP contribution in [0.3, 0.4) is 0 Å². The van der Waals surface area contributed by atoms with Crippen LogP contribution >= 0.6 is 11.3 Å². The highest BCUT2D eigenvalue weighted by atomic mass is 32.1. The number of nitrogens with one attached hydrogen (secondary N) is 1. The zero-order valence-electron chi connectivity index (χ0n) is 13.7. The molecule has 0 saturated heterocycles. The standard InChI is InChI=1S/C18H23N3OS/c1-13(2)9-17(22)20-18-19-16(12-23-18)11-21-8-7-14-5-3-4-6-15(14)10-21/h3-6,12-13H,7-11H2,1-2H3,(H,19,20,22). The van der Waals surface area contributed by atoms with Crippen molar-refractivity contribution in [3.05, 3.63) is 46.5 Å². The van der Waals surface area contributed by atoms with E-state index in [1.165, 1.54) is 22.5 Å². The fourth-order valence-electron chi connectivity index (χ4n) is 2.90. The quantitative estimate of drug-likeness (QED) is 0.910. The van der Waals surface area contributed by atoms with Crippen LogP contribution in [0.1, 0.15) is 37.1 Å². The molecule has 2 heterocycles. The van der Waals surface area contributed by atoms with E-state index in [1.807, 2.05) is 19.2 Å². The largest absolute Gasteiger partial charge is 0.302 e. The van der Waals surface area contributed by atoms with Gasteiger partial charge >= 0.3 is 0 Å². The summed E-state index contributed by atoms with van der Waals surface area (Å²) < 4.78 is 0. The minimum absolute atomic E-state index is 0.0489. The van der Waals surface area contributed by atoms with Gasteiger partial charge in [-0.15, -0.1) is 11.3 Å². The fraction of sp³-hybridized carbons (Fsp3) is 0.444. The molecule has 1 amide bonds. The number of carbonyl (C=O) groups is 1. The first kappa shape index (κ1) is 16.1. The summed E-state index contributed by atoms with van der Waals surface area (Å²) >= 11 is 1.51. The molecule has 0 aliphatic carbocycles. The maximum absolute atomic E-state index is 11.8. The Morgan fingerprint density at radius 2 is 2.13 bits per heavy atom. The van der Waals surface area contributed by atoms with Gasteiger partial charge in [-0.05, 0) is 23.5 Å². The number of rotatable bonds is 5. The maximum atomic E-state index is 11.8. The number of thiazole rings is 1. The average Bonchev–Trinajstić information content (AvgIpc) is 2.93. The Bertz CT molecular complexity index is 680. The molecule has 2 aromatic rings. The number of benzene rings is 1. The third kappa shape index (κ3) is 4.39. The lowest BCUT2D eigenvalue weighted by atomic mass is 10.00. The molecule has 1 aliphatic rings. The molecule has 1 aliphatic heterocycles. The van der Waals surface area contributed by atoms with E-state index in [0.29, 0.717) is 17.5 Å². The fourth-order valence-corrected chi connectivity index (χ4v) is 3.61. The number of carbonyl (C=O) groups excluding carboxylic acids is 1. The van der Waals surface area contributed by atoms with Gasteiger partial charge in [0.2, 0.25) is 5.91 Å². The van der Waals surface area contributed by atoms with Crippen molar-refractivity contribution in [3.63, 3.8) is 0 Å². The van der Waals surface area contributed by atoms with Crippen LogP contribution in [0.25, 0.3) is 0 Å². The van der Waals surface area contributed by atoms with Crippen LogP contribution in [-0.2, 0) is 24.3 Å². The topological polar surface area (TPSA) is 45.2 Å². The van der Waals surface area contributed by atoms with E-state index in [2.05, 4.69) is 39.5 Å². The lowest BCUT2D eigenvalue weighted by Crippen LogP contribution is -2.30. The summed E-state index contributed by atoms with van der Waals surface area (Å²) in [6, 6.07) is 8.65. The minimum atomic E-state index is 0.0489. The first-order chi connectivity index (χ1) is 11.1. The van der Waals surface area contributed by atoms with E-state index in [1.54, 1.807) is 0 Å². The molecule has 0 fully saturated rings. The van der Waals surface area contributed by atoms with E-state index in [9.17, 15) is 4.79 Å². The van der Waals surface area contributed by atoms with Gasteiger partial charge in [-0.1, -0.05) is 38.1 Å². The van der Waals surface area contributed by atoms with Crippen LogP contribution in [0.5, 0.6) is 0 Å². The molecule has 0 saturated carbocycles. The van der Waals surface area contributed by atoms with Crippen molar-refractivity contribution in [2.75, 3.05) is 11.9 Å². The monoisotopic (exact) mass is 329 g/mol. The smallest absolute Gasteiger partial charge is 0.226 e. The number of aromatic nitrogens is 1. The van der Waals surface area contributed by atoms with Gasteiger partial charge in [0.15, 0.2) is 5.13 Å². The summed E-state index contributed by atoms with van der Waals surface area (Å²) in [5.74, 6) is 0.413. The lowest BCUT2D eigenvalue weighted by Gasteiger charge is -2.27. The number of fused-ring (bicyclic) bond motifs is 1. The van der Waals surface area contributed by atoms with E-state index < -0.39 is 0 Å². The zero-order valence-corrected chi connectivity index (χ0v) is 14.5. The number of hydrogen-bond acceptors (Lipinski definition) is 4. The van der Waals surface area contributed by atoms with Gasteiger partial charge in [-0.2, -0.15) is 0 Å². The molecular weight excluding hydrogens is 306 g/mol. The Kier molecular flexibility index (Phi) is 5.08. The molecule has 0 unspecified atom stereocenters. The highest BCUT2D eigenvalue weighted by Gasteiger charge is 2.17. The Morgan fingerprint density at radius 3 is 2.91 bits per heavy atom. The molecule has 5 heteroatoms. The minimum Gasteiger partial charge on any atom is -0.302 e. The van der Waals surface area contributed by atoms with E-state index >= 15 is 0 Å². The number of anilines is 1. The second-order valence-electron chi connectivity index (χ2n) is 6.52. The number of amides is 1. The molecule has 1 aromatic heterocycles. The summed E-state index contributed by atoms with van der Waals surface area (Å²) in [6.45, 7) is 6.96. The van der Waals surface area contributed by atoms with Crippen molar-refractivity contribution >= 4 is 22.4 Å². The summed E-state index contributed by atoms with van der Waals surface area (Å²) in [6.07, 6.45) is 1.64. The van der Waals surface area contributed by atoms with Crippen LogP contribution in [0, 0.1) is 5.92 Å². The van der Waals surface area contributed by atoms with Gasteiger partial charge in [0, 0.05) is 31.4 Å². The predicted octanol–water partition coefficient (Wildman–Crippen LogP) is 3.69. The van der Waals surface area contributed by atoms with Crippen molar-refractivity contribution < 1.29 is 4.79 Å². The summed E-state index contributed by atoms with van der Waals surface area (Å²) in [5.41, 5.74) is 3.91. The molecule has 23 heavy (non-hydrogen) atoms. The number of nitrogens with zero attached hydrogens (tertiary/aromatic N) is 2. The van der Waals surface area contributed by atoms with Crippen LogP contribution in [0.15, 0.2) is 29.6 Å². The molecule has 4 nitrogen and oxygen atoms in total. The van der Waals surface area contributed by atoms with Crippen LogP contribution < -0.4 is 5.32 Å². The third-order valence-corrected chi connectivity index (χ3v) is 4.79. The van der Waals surface area contributed by atoms with Crippen molar-refractivity contribution in [2.24, 2.45) is 5.92 Å². The van der Waals surface area contributed by atoms with Crippen LogP contribution in [0.2, 0.25) is 0 Å². The molecule has 1 N–H and O–H groups in total. The van der Waals surface area contributed by atoms with Crippen molar-refractivity contribution in [2.45, 2.75) is 39.8 Å². The first-order valence-electron chi connectivity index (χ1n) is 8.13. The summed E-state index contributed by atoms with van der Waals surface area (Å²) in [7, 11) is 0. The molecule has 1 aromatic carbocycles. The second-order valence-corrected chi connectivity index (χ2v) is 7.38. The van der Waals surface area contributed by atoms with Gasteiger partial charge < -0.3 is 5.32 Å². The SMILES string of the molecule is CC(C)CC(=O)Nc1nc(CN2CCc3ccccc3C2)cs1. The van der Waals surface area contributed by atoms with Crippen molar-refractivity contribution in [1.82, 2.24) is 9.88 Å². The Labute approximate surface area is 141 Å². The molecule has 0 radical (unpaired) electrons. The van der Waals surface area contributed by atoms with Crippen molar-refractivity contribution in [1.29, 1.82) is 0 Å². The Balaban J connectivity index is 1.56.